The van der Waals surface area contributed by atoms with Crippen molar-refractivity contribution in [2.75, 3.05) is 12.4 Å². The molecule has 1 fully saturated rings. The van der Waals surface area contributed by atoms with Crippen LogP contribution in [-0.4, -0.2) is 35.1 Å². The lowest BCUT2D eigenvalue weighted by Gasteiger charge is -2.13. The van der Waals surface area contributed by atoms with Gasteiger partial charge in [-0.15, -0.1) is 0 Å². The van der Waals surface area contributed by atoms with E-state index in [1.165, 1.54) is 4.68 Å². The summed E-state index contributed by atoms with van der Waals surface area (Å²) in [5.74, 6) is 0.939. The summed E-state index contributed by atoms with van der Waals surface area (Å²) in [6.07, 6.45) is 1.11. The molecule has 1 aromatic carbocycles. The van der Waals surface area contributed by atoms with Gasteiger partial charge in [-0.2, -0.15) is 5.10 Å². The molecule has 27 heavy (non-hydrogen) atoms. The molecule has 7 nitrogen and oxygen atoms in total. The van der Waals surface area contributed by atoms with Crippen molar-refractivity contribution in [1.82, 2.24) is 14.3 Å². The van der Waals surface area contributed by atoms with E-state index >= 15 is 0 Å². The van der Waals surface area contributed by atoms with E-state index in [1.807, 2.05) is 13.8 Å². The van der Waals surface area contributed by atoms with E-state index in [-0.39, 0.29) is 24.1 Å². The Hall–Kier alpha value is -1.93. The van der Waals surface area contributed by atoms with Crippen molar-refractivity contribution in [2.45, 2.75) is 57.7 Å². The van der Waals surface area contributed by atoms with Gasteiger partial charge in [-0.1, -0.05) is 24.6 Å². The SMILES string of the molecule is CCn1c([C@H]2OCC[C@H]2C)nn(CCCS(=O)(=O)c2ccc(C)cc2)c1=O. The molecule has 1 saturated heterocycles. The molecule has 0 aliphatic carbocycles. The van der Waals surface area contributed by atoms with Crippen LogP contribution in [0, 0.1) is 12.8 Å². The highest BCUT2D eigenvalue weighted by molar-refractivity contribution is 7.91. The monoisotopic (exact) mass is 393 g/mol. The van der Waals surface area contributed by atoms with Crippen LogP contribution in [0.25, 0.3) is 0 Å². The number of aromatic nitrogens is 3. The topological polar surface area (TPSA) is 83.2 Å². The minimum Gasteiger partial charge on any atom is -0.370 e. The normalized spacial score (nSPS) is 20.3. The smallest absolute Gasteiger partial charge is 0.345 e. The molecule has 8 heteroatoms. The second kappa shape index (κ2) is 7.98. The van der Waals surface area contributed by atoms with Gasteiger partial charge in [0.25, 0.3) is 0 Å². The van der Waals surface area contributed by atoms with E-state index in [0.717, 1.165) is 12.0 Å². The number of nitrogens with zero attached hydrogens (tertiary/aromatic N) is 3. The van der Waals surface area contributed by atoms with Gasteiger partial charge >= 0.3 is 5.69 Å². The Labute approximate surface area is 159 Å². The van der Waals surface area contributed by atoms with E-state index in [2.05, 4.69) is 12.0 Å². The molecule has 0 amide bonds. The van der Waals surface area contributed by atoms with Crippen LogP contribution < -0.4 is 5.69 Å². The molecule has 0 unspecified atom stereocenters. The number of benzene rings is 1. The molecule has 0 spiro atoms. The minimum absolute atomic E-state index is 0.0207. The van der Waals surface area contributed by atoms with Crippen LogP contribution in [0.1, 0.15) is 44.2 Å². The minimum atomic E-state index is -3.37. The summed E-state index contributed by atoms with van der Waals surface area (Å²) < 4.78 is 33.7. The van der Waals surface area contributed by atoms with Crippen LogP contribution in [0.3, 0.4) is 0 Å². The maximum absolute atomic E-state index is 12.6. The number of hydrogen-bond acceptors (Lipinski definition) is 5. The van der Waals surface area contributed by atoms with E-state index in [9.17, 15) is 13.2 Å². The summed E-state index contributed by atoms with van der Waals surface area (Å²) in [4.78, 5) is 12.9. The molecule has 1 aromatic heterocycles. The predicted molar refractivity (Wildman–Crippen MR) is 102 cm³/mol. The largest absolute Gasteiger partial charge is 0.370 e. The van der Waals surface area contributed by atoms with E-state index in [1.54, 1.807) is 28.8 Å². The number of aryl methyl sites for hydroxylation is 2. The van der Waals surface area contributed by atoms with E-state index in [0.29, 0.717) is 36.2 Å². The number of sulfone groups is 1. The molecule has 0 saturated carbocycles. The van der Waals surface area contributed by atoms with Gasteiger partial charge in [-0.3, -0.25) is 4.57 Å². The standard InChI is InChI=1S/C19H27N3O4S/c1-4-21-18(17-15(3)10-12-26-17)20-22(19(21)23)11-5-13-27(24,25)16-8-6-14(2)7-9-16/h6-9,15,17H,4-5,10-13H2,1-3H3/t15-,17+/m1/s1. The highest BCUT2D eigenvalue weighted by Crippen LogP contribution is 2.32. The zero-order chi connectivity index (χ0) is 19.6. The molecule has 0 bridgehead atoms. The second-order valence-corrected chi connectivity index (χ2v) is 9.26. The van der Waals surface area contributed by atoms with Gasteiger partial charge in [0.1, 0.15) is 6.10 Å². The fourth-order valence-corrected chi connectivity index (χ4v) is 4.70. The molecule has 0 N–H and O–H groups in total. The average molecular weight is 394 g/mol. The van der Waals surface area contributed by atoms with Gasteiger partial charge in [-0.05, 0) is 44.7 Å². The maximum Gasteiger partial charge on any atom is 0.345 e. The Morgan fingerprint density at radius 2 is 1.96 bits per heavy atom. The number of rotatable bonds is 7. The third kappa shape index (κ3) is 4.16. The van der Waals surface area contributed by atoms with Crippen LogP contribution in [0.5, 0.6) is 0 Å². The fourth-order valence-electron chi connectivity index (χ4n) is 3.40. The molecule has 1 aliphatic rings. The Kier molecular flexibility index (Phi) is 5.86. The molecule has 148 valence electrons. The van der Waals surface area contributed by atoms with Crippen LogP contribution >= 0.6 is 0 Å². The van der Waals surface area contributed by atoms with Crippen molar-refractivity contribution in [1.29, 1.82) is 0 Å². The van der Waals surface area contributed by atoms with Crippen LogP contribution in [-0.2, 0) is 27.7 Å². The van der Waals surface area contributed by atoms with Gasteiger partial charge in [0.2, 0.25) is 0 Å². The van der Waals surface area contributed by atoms with Crippen molar-refractivity contribution in [3.63, 3.8) is 0 Å². The lowest BCUT2D eigenvalue weighted by atomic mass is 10.0. The average Bonchev–Trinajstić information content (AvgIpc) is 3.18. The van der Waals surface area contributed by atoms with Gasteiger partial charge in [0.15, 0.2) is 15.7 Å². The Balaban J connectivity index is 1.72. The zero-order valence-corrected chi connectivity index (χ0v) is 16.9. The molecule has 3 rings (SSSR count). The Bertz CT molecular complexity index is 944. The summed E-state index contributed by atoms with van der Waals surface area (Å²) in [5.41, 5.74) is 0.810. The van der Waals surface area contributed by atoms with Crippen molar-refractivity contribution >= 4 is 9.84 Å². The zero-order valence-electron chi connectivity index (χ0n) is 16.1. The van der Waals surface area contributed by atoms with Crippen LogP contribution in [0.4, 0.5) is 0 Å². The maximum atomic E-state index is 12.6. The summed E-state index contributed by atoms with van der Waals surface area (Å²) >= 11 is 0. The first-order valence-corrected chi connectivity index (χ1v) is 11.1. The summed E-state index contributed by atoms with van der Waals surface area (Å²) in [5, 5.41) is 4.46. The van der Waals surface area contributed by atoms with E-state index < -0.39 is 9.84 Å². The second-order valence-electron chi connectivity index (χ2n) is 7.15. The third-order valence-corrected chi connectivity index (χ3v) is 6.89. The highest BCUT2D eigenvalue weighted by Gasteiger charge is 2.31. The molecule has 2 atom stereocenters. The molecule has 2 heterocycles. The molecule has 1 aliphatic heterocycles. The van der Waals surface area contributed by atoms with Crippen molar-refractivity contribution in [2.24, 2.45) is 5.92 Å². The van der Waals surface area contributed by atoms with Gasteiger partial charge in [-0.25, -0.2) is 17.9 Å². The molecular formula is C19H27N3O4S. The van der Waals surface area contributed by atoms with E-state index in [4.69, 9.17) is 4.74 Å². The summed E-state index contributed by atoms with van der Waals surface area (Å²) in [7, 11) is -3.37. The highest BCUT2D eigenvalue weighted by atomic mass is 32.2. The first-order chi connectivity index (χ1) is 12.8. The number of ether oxygens (including phenoxy) is 1. The van der Waals surface area contributed by atoms with Crippen LogP contribution in [0.2, 0.25) is 0 Å². The van der Waals surface area contributed by atoms with Crippen molar-refractivity contribution < 1.29 is 13.2 Å². The Morgan fingerprint density at radius 1 is 1.26 bits per heavy atom. The lowest BCUT2D eigenvalue weighted by molar-refractivity contribution is 0.0836. The van der Waals surface area contributed by atoms with Crippen molar-refractivity contribution in [3.05, 3.63) is 46.1 Å². The van der Waals surface area contributed by atoms with Gasteiger partial charge in [0.05, 0.1) is 10.6 Å². The first-order valence-electron chi connectivity index (χ1n) is 9.42. The fraction of sp³-hybridized carbons (Fsp3) is 0.579. The van der Waals surface area contributed by atoms with Crippen molar-refractivity contribution in [3.8, 4) is 0 Å². The first kappa shape index (κ1) is 19.8. The third-order valence-electron chi connectivity index (χ3n) is 5.07. The molecular weight excluding hydrogens is 366 g/mol. The predicted octanol–water partition coefficient (Wildman–Crippen LogP) is 2.33. The Morgan fingerprint density at radius 3 is 2.56 bits per heavy atom. The molecule has 2 aromatic rings. The van der Waals surface area contributed by atoms with Gasteiger partial charge < -0.3 is 4.74 Å². The number of hydrogen-bond donors (Lipinski definition) is 0. The molecule has 0 radical (unpaired) electrons. The summed E-state index contributed by atoms with van der Waals surface area (Å²) in [6.45, 7) is 7.37. The van der Waals surface area contributed by atoms with Crippen LogP contribution in [0.15, 0.2) is 34.0 Å². The quantitative estimate of drug-likeness (QED) is 0.721. The summed E-state index contributed by atoms with van der Waals surface area (Å²) in [6, 6.07) is 6.82. The lowest BCUT2D eigenvalue weighted by Crippen LogP contribution is -2.26. The van der Waals surface area contributed by atoms with Gasteiger partial charge in [0, 0.05) is 19.7 Å².